The maximum absolute atomic E-state index is 11.9. The molecule has 0 saturated carbocycles. The number of aryl methyl sites for hydroxylation is 1. The fourth-order valence-corrected chi connectivity index (χ4v) is 2.00. The highest BCUT2D eigenvalue weighted by Gasteiger charge is 2.12. The molecule has 1 aliphatic rings. The molecular weight excluding hydrogens is 256 g/mol. The van der Waals surface area contributed by atoms with Gasteiger partial charge in [-0.25, -0.2) is 4.68 Å². The first-order valence-corrected chi connectivity index (χ1v) is 6.29. The van der Waals surface area contributed by atoms with E-state index in [9.17, 15) is 4.79 Å². The maximum atomic E-state index is 11.9. The van der Waals surface area contributed by atoms with E-state index >= 15 is 0 Å². The third kappa shape index (κ3) is 2.42. The Bertz CT molecular complexity index is 754. The van der Waals surface area contributed by atoms with Gasteiger partial charge < -0.3 is 0 Å². The Kier molecular flexibility index (Phi) is 3.02. The van der Waals surface area contributed by atoms with Gasteiger partial charge in [0.25, 0.3) is 0 Å². The third-order valence-electron chi connectivity index (χ3n) is 2.98. The van der Waals surface area contributed by atoms with Crippen LogP contribution < -0.4 is 5.43 Å². The number of nitrogens with zero attached hydrogens (tertiary/aromatic N) is 6. The second-order valence-corrected chi connectivity index (χ2v) is 4.65. The molecule has 7 nitrogen and oxygen atoms in total. The van der Waals surface area contributed by atoms with Crippen molar-refractivity contribution < 1.29 is 0 Å². The van der Waals surface area contributed by atoms with Crippen LogP contribution in [0.2, 0.25) is 0 Å². The van der Waals surface area contributed by atoms with Crippen LogP contribution in [0.3, 0.4) is 0 Å². The van der Waals surface area contributed by atoms with E-state index in [2.05, 4.69) is 20.2 Å². The SMILES string of the molecule is C[C@H]1N=CC(Cc2nn(-c3cnn(C)c3)ccc2=O)=N1. The van der Waals surface area contributed by atoms with Crippen LogP contribution in [-0.4, -0.2) is 37.7 Å². The fourth-order valence-electron chi connectivity index (χ4n) is 2.00. The Hall–Kier alpha value is -2.57. The molecule has 2 aromatic heterocycles. The van der Waals surface area contributed by atoms with E-state index in [1.165, 1.54) is 6.07 Å². The second-order valence-electron chi connectivity index (χ2n) is 4.65. The quantitative estimate of drug-likeness (QED) is 0.809. The topological polar surface area (TPSA) is 77.4 Å². The van der Waals surface area contributed by atoms with Gasteiger partial charge in [0.05, 0.1) is 18.1 Å². The van der Waals surface area contributed by atoms with Gasteiger partial charge in [0.2, 0.25) is 5.43 Å². The number of aromatic nitrogens is 4. The van der Waals surface area contributed by atoms with E-state index in [1.807, 2.05) is 20.2 Å². The molecular formula is C13H14N6O. The molecule has 7 heteroatoms. The Morgan fingerprint density at radius 2 is 2.25 bits per heavy atom. The molecule has 1 aliphatic heterocycles. The van der Waals surface area contributed by atoms with Gasteiger partial charge in [-0.2, -0.15) is 10.2 Å². The van der Waals surface area contributed by atoms with Crippen molar-refractivity contribution in [2.75, 3.05) is 0 Å². The van der Waals surface area contributed by atoms with Gasteiger partial charge >= 0.3 is 0 Å². The van der Waals surface area contributed by atoms with E-state index in [-0.39, 0.29) is 11.6 Å². The largest absolute Gasteiger partial charge is 0.288 e. The molecule has 0 aliphatic carbocycles. The van der Waals surface area contributed by atoms with E-state index in [0.717, 1.165) is 11.4 Å². The zero-order chi connectivity index (χ0) is 14.1. The standard InChI is InChI=1S/C13H14N6O/c1-9-14-6-10(16-9)5-12-13(20)3-4-19(17-12)11-7-15-18(2)8-11/h3-4,6-9H,5H2,1-2H3/t9-/m0/s1. The van der Waals surface area contributed by atoms with Crippen LogP contribution >= 0.6 is 0 Å². The second kappa shape index (κ2) is 4.84. The number of hydrogen-bond donors (Lipinski definition) is 0. The van der Waals surface area contributed by atoms with Crippen LogP contribution in [0.5, 0.6) is 0 Å². The first-order chi connectivity index (χ1) is 9.61. The summed E-state index contributed by atoms with van der Waals surface area (Å²) in [5.41, 5.74) is 1.95. The fraction of sp³-hybridized carbons (Fsp3) is 0.308. The first-order valence-electron chi connectivity index (χ1n) is 6.29. The lowest BCUT2D eigenvalue weighted by atomic mass is 10.2. The minimum absolute atomic E-state index is 0.0609. The van der Waals surface area contributed by atoms with E-state index in [4.69, 9.17) is 0 Å². The maximum Gasteiger partial charge on any atom is 0.203 e. The van der Waals surface area contributed by atoms with Crippen LogP contribution in [-0.2, 0) is 13.5 Å². The predicted octanol–water partition coefficient (Wildman–Crippen LogP) is 0.380. The van der Waals surface area contributed by atoms with E-state index < -0.39 is 0 Å². The first kappa shape index (κ1) is 12.5. The van der Waals surface area contributed by atoms with Crippen LogP contribution in [0, 0.1) is 0 Å². The average molecular weight is 270 g/mol. The van der Waals surface area contributed by atoms with Crippen molar-refractivity contribution in [3.05, 3.63) is 40.6 Å². The Morgan fingerprint density at radius 3 is 2.90 bits per heavy atom. The number of aliphatic imine (C=N–C) groups is 2. The summed E-state index contributed by atoms with van der Waals surface area (Å²) in [5.74, 6) is 0. The third-order valence-corrected chi connectivity index (χ3v) is 2.98. The van der Waals surface area contributed by atoms with Gasteiger partial charge in [0.1, 0.15) is 17.5 Å². The lowest BCUT2D eigenvalue weighted by Gasteiger charge is -2.04. The van der Waals surface area contributed by atoms with Crippen molar-refractivity contribution in [1.82, 2.24) is 19.6 Å². The summed E-state index contributed by atoms with van der Waals surface area (Å²) in [4.78, 5) is 20.4. The van der Waals surface area contributed by atoms with Crippen molar-refractivity contribution in [1.29, 1.82) is 0 Å². The predicted molar refractivity (Wildman–Crippen MR) is 75.7 cm³/mol. The molecule has 0 saturated heterocycles. The monoisotopic (exact) mass is 270 g/mol. The van der Waals surface area contributed by atoms with E-state index in [0.29, 0.717) is 12.1 Å². The summed E-state index contributed by atoms with van der Waals surface area (Å²) in [6.45, 7) is 1.90. The minimum atomic E-state index is -0.0965. The summed E-state index contributed by atoms with van der Waals surface area (Å²) in [5, 5.41) is 8.44. The van der Waals surface area contributed by atoms with E-state index in [1.54, 1.807) is 28.0 Å². The molecule has 0 N–H and O–H groups in total. The van der Waals surface area contributed by atoms with Crippen molar-refractivity contribution in [3.63, 3.8) is 0 Å². The van der Waals surface area contributed by atoms with Crippen molar-refractivity contribution in [3.8, 4) is 5.69 Å². The van der Waals surface area contributed by atoms with Gasteiger partial charge in [0.15, 0.2) is 0 Å². The van der Waals surface area contributed by atoms with Crippen LogP contribution in [0.1, 0.15) is 12.6 Å². The Labute approximate surface area is 115 Å². The summed E-state index contributed by atoms with van der Waals surface area (Å²) >= 11 is 0. The zero-order valence-corrected chi connectivity index (χ0v) is 11.3. The zero-order valence-electron chi connectivity index (χ0n) is 11.3. The lowest BCUT2D eigenvalue weighted by Crippen LogP contribution is -2.19. The molecule has 102 valence electrons. The molecule has 0 aromatic carbocycles. The van der Waals surface area contributed by atoms with Gasteiger partial charge in [-0.3, -0.25) is 19.5 Å². The molecule has 0 radical (unpaired) electrons. The number of rotatable bonds is 3. The Balaban J connectivity index is 1.93. The summed E-state index contributed by atoms with van der Waals surface area (Å²) in [6, 6.07) is 1.51. The average Bonchev–Trinajstić information content (AvgIpc) is 3.01. The Morgan fingerprint density at radius 1 is 1.40 bits per heavy atom. The molecule has 3 rings (SSSR count). The lowest BCUT2D eigenvalue weighted by molar-refractivity contribution is 0.763. The van der Waals surface area contributed by atoms with Gasteiger partial charge in [-0.05, 0) is 6.92 Å². The summed E-state index contributed by atoms with van der Waals surface area (Å²) in [6.07, 6.45) is 7.20. The highest BCUT2D eigenvalue weighted by molar-refractivity contribution is 6.32. The molecule has 20 heavy (non-hydrogen) atoms. The van der Waals surface area contributed by atoms with Crippen LogP contribution in [0.15, 0.2) is 39.4 Å². The van der Waals surface area contributed by atoms with Crippen molar-refractivity contribution in [2.45, 2.75) is 19.5 Å². The highest BCUT2D eigenvalue weighted by Crippen LogP contribution is 2.05. The van der Waals surface area contributed by atoms with Gasteiger partial charge in [-0.1, -0.05) is 0 Å². The minimum Gasteiger partial charge on any atom is -0.288 e. The summed E-state index contributed by atoms with van der Waals surface area (Å²) < 4.78 is 3.32. The van der Waals surface area contributed by atoms with Gasteiger partial charge in [0, 0.05) is 31.9 Å². The number of hydrogen-bond acceptors (Lipinski definition) is 5. The van der Waals surface area contributed by atoms with Crippen molar-refractivity contribution >= 4 is 11.9 Å². The van der Waals surface area contributed by atoms with Crippen molar-refractivity contribution in [2.24, 2.45) is 17.0 Å². The molecule has 0 spiro atoms. The smallest absolute Gasteiger partial charge is 0.203 e. The van der Waals surface area contributed by atoms with Gasteiger partial charge in [-0.15, -0.1) is 0 Å². The molecule has 2 aromatic rings. The van der Waals surface area contributed by atoms with Crippen LogP contribution in [0.4, 0.5) is 0 Å². The molecule has 3 heterocycles. The molecule has 0 fully saturated rings. The normalized spacial score (nSPS) is 17.5. The molecule has 1 atom stereocenters. The molecule has 0 unspecified atom stereocenters. The van der Waals surface area contributed by atoms with Crippen LogP contribution in [0.25, 0.3) is 5.69 Å². The summed E-state index contributed by atoms with van der Waals surface area (Å²) in [7, 11) is 1.83. The molecule has 0 amide bonds. The highest BCUT2D eigenvalue weighted by atomic mass is 16.1. The molecule has 0 bridgehead atoms.